The minimum Gasteiger partial charge on any atom is -0.339 e. The van der Waals surface area contributed by atoms with Crippen molar-refractivity contribution in [2.45, 2.75) is 13.8 Å². The van der Waals surface area contributed by atoms with Crippen LogP contribution in [0.1, 0.15) is 11.5 Å². The van der Waals surface area contributed by atoms with Gasteiger partial charge in [0.05, 0.1) is 5.56 Å². The Labute approximate surface area is 80.6 Å². The molecule has 0 saturated heterocycles. The molecule has 3 nitrogen and oxygen atoms in total. The van der Waals surface area contributed by atoms with E-state index < -0.39 is 0 Å². The number of benzene rings is 1. The number of hydrogen-bond acceptors (Lipinski definition) is 3. The summed E-state index contributed by atoms with van der Waals surface area (Å²) in [4.78, 5) is 3.95. The standard InChI is InChI=1S/C10H9FN2O/c1-6-3-4-8(9(11)5-6)10-12-7(2)14-13-10/h3-5H,1-2H3. The van der Waals surface area contributed by atoms with E-state index >= 15 is 0 Å². The molecule has 0 aliphatic rings. The van der Waals surface area contributed by atoms with Gasteiger partial charge in [-0.25, -0.2) is 4.39 Å². The Hall–Kier alpha value is -1.71. The Kier molecular flexibility index (Phi) is 2.04. The van der Waals surface area contributed by atoms with Crippen LogP contribution in [0, 0.1) is 19.7 Å². The van der Waals surface area contributed by atoms with Gasteiger partial charge in [-0.15, -0.1) is 0 Å². The molecule has 2 aromatic rings. The maximum atomic E-state index is 13.4. The lowest BCUT2D eigenvalue weighted by Crippen LogP contribution is -1.87. The zero-order chi connectivity index (χ0) is 10.1. The van der Waals surface area contributed by atoms with Gasteiger partial charge < -0.3 is 4.52 Å². The summed E-state index contributed by atoms with van der Waals surface area (Å²) >= 11 is 0. The highest BCUT2D eigenvalue weighted by molar-refractivity contribution is 5.55. The van der Waals surface area contributed by atoms with Gasteiger partial charge in [0.15, 0.2) is 0 Å². The molecule has 2 rings (SSSR count). The number of aromatic nitrogens is 2. The minimum absolute atomic E-state index is 0.292. The average Bonchev–Trinajstić information content (AvgIpc) is 2.51. The quantitative estimate of drug-likeness (QED) is 0.696. The molecule has 0 unspecified atom stereocenters. The average molecular weight is 192 g/mol. The summed E-state index contributed by atoms with van der Waals surface area (Å²) in [6.07, 6.45) is 0. The summed E-state index contributed by atoms with van der Waals surface area (Å²) in [5, 5.41) is 3.65. The van der Waals surface area contributed by atoms with Crippen LogP contribution in [-0.4, -0.2) is 10.1 Å². The Morgan fingerprint density at radius 2 is 2.07 bits per heavy atom. The third-order valence-corrected chi connectivity index (χ3v) is 1.89. The predicted molar refractivity (Wildman–Crippen MR) is 49.2 cm³/mol. The summed E-state index contributed by atoms with van der Waals surface area (Å²) < 4.78 is 18.2. The molecular formula is C10H9FN2O. The van der Waals surface area contributed by atoms with Crippen LogP contribution in [-0.2, 0) is 0 Å². The first-order valence-corrected chi connectivity index (χ1v) is 4.23. The molecule has 0 bridgehead atoms. The molecule has 1 aromatic carbocycles. The van der Waals surface area contributed by atoms with E-state index in [-0.39, 0.29) is 5.82 Å². The van der Waals surface area contributed by atoms with Crippen LogP contribution in [0.15, 0.2) is 22.7 Å². The SMILES string of the molecule is Cc1ccc(-c2noc(C)n2)c(F)c1. The van der Waals surface area contributed by atoms with E-state index in [0.29, 0.717) is 17.3 Å². The molecule has 14 heavy (non-hydrogen) atoms. The summed E-state index contributed by atoms with van der Waals surface area (Å²) in [6, 6.07) is 4.90. The molecule has 0 radical (unpaired) electrons. The molecule has 72 valence electrons. The fourth-order valence-electron chi connectivity index (χ4n) is 1.21. The van der Waals surface area contributed by atoms with Gasteiger partial charge in [0.2, 0.25) is 11.7 Å². The van der Waals surface area contributed by atoms with Crippen molar-refractivity contribution < 1.29 is 8.91 Å². The molecule has 0 amide bonds. The lowest BCUT2D eigenvalue weighted by molar-refractivity contribution is 0.394. The lowest BCUT2D eigenvalue weighted by atomic mass is 10.1. The van der Waals surface area contributed by atoms with Gasteiger partial charge >= 0.3 is 0 Å². The van der Waals surface area contributed by atoms with Crippen LogP contribution in [0.3, 0.4) is 0 Å². The Balaban J connectivity index is 2.52. The molecule has 1 aromatic heterocycles. The van der Waals surface area contributed by atoms with Crippen molar-refractivity contribution in [1.82, 2.24) is 10.1 Å². The predicted octanol–water partition coefficient (Wildman–Crippen LogP) is 2.49. The van der Waals surface area contributed by atoms with Crippen LogP contribution in [0.4, 0.5) is 4.39 Å². The Morgan fingerprint density at radius 1 is 1.29 bits per heavy atom. The summed E-state index contributed by atoms with van der Waals surface area (Å²) in [5.41, 5.74) is 1.24. The first kappa shape index (κ1) is 8.87. The van der Waals surface area contributed by atoms with Crippen LogP contribution in [0.2, 0.25) is 0 Å². The van der Waals surface area contributed by atoms with Crippen molar-refractivity contribution in [2.75, 3.05) is 0 Å². The van der Waals surface area contributed by atoms with E-state index in [1.54, 1.807) is 13.0 Å². The number of halogens is 1. The zero-order valence-corrected chi connectivity index (χ0v) is 7.91. The van der Waals surface area contributed by atoms with Gasteiger partial charge in [-0.05, 0) is 24.6 Å². The van der Waals surface area contributed by atoms with Crippen molar-refractivity contribution in [3.8, 4) is 11.4 Å². The largest absolute Gasteiger partial charge is 0.339 e. The summed E-state index contributed by atoms with van der Waals surface area (Å²) in [5.74, 6) is 0.394. The van der Waals surface area contributed by atoms with Gasteiger partial charge in [0, 0.05) is 6.92 Å². The van der Waals surface area contributed by atoms with Gasteiger partial charge in [0.1, 0.15) is 5.82 Å². The molecule has 0 atom stereocenters. The Bertz CT molecular complexity index is 465. The molecule has 0 saturated carbocycles. The van der Waals surface area contributed by atoms with Crippen LogP contribution in [0.25, 0.3) is 11.4 Å². The summed E-state index contributed by atoms with van der Waals surface area (Å²) in [6.45, 7) is 3.50. The molecular weight excluding hydrogens is 183 g/mol. The zero-order valence-electron chi connectivity index (χ0n) is 7.91. The second kappa shape index (κ2) is 3.21. The molecule has 4 heteroatoms. The molecule has 0 aliphatic carbocycles. The maximum absolute atomic E-state index is 13.4. The van der Waals surface area contributed by atoms with Gasteiger partial charge in [-0.1, -0.05) is 11.2 Å². The third-order valence-electron chi connectivity index (χ3n) is 1.89. The van der Waals surface area contributed by atoms with Crippen LogP contribution < -0.4 is 0 Å². The lowest BCUT2D eigenvalue weighted by Gasteiger charge is -1.97. The highest BCUT2D eigenvalue weighted by Gasteiger charge is 2.10. The van der Waals surface area contributed by atoms with Crippen molar-refractivity contribution in [3.05, 3.63) is 35.5 Å². The Morgan fingerprint density at radius 3 is 2.64 bits per heavy atom. The number of rotatable bonds is 1. The number of nitrogens with zero attached hydrogens (tertiary/aromatic N) is 2. The summed E-state index contributed by atoms with van der Waals surface area (Å²) in [7, 11) is 0. The number of aryl methyl sites for hydroxylation is 2. The van der Waals surface area contributed by atoms with Gasteiger partial charge in [-0.3, -0.25) is 0 Å². The normalized spacial score (nSPS) is 10.5. The first-order valence-electron chi connectivity index (χ1n) is 4.23. The van der Waals surface area contributed by atoms with E-state index in [4.69, 9.17) is 4.52 Å². The monoisotopic (exact) mass is 192 g/mol. The highest BCUT2D eigenvalue weighted by atomic mass is 19.1. The molecule has 1 heterocycles. The smallest absolute Gasteiger partial charge is 0.223 e. The van der Waals surface area contributed by atoms with E-state index in [9.17, 15) is 4.39 Å². The second-order valence-corrected chi connectivity index (χ2v) is 3.12. The van der Waals surface area contributed by atoms with Crippen molar-refractivity contribution >= 4 is 0 Å². The molecule has 0 spiro atoms. The van der Waals surface area contributed by atoms with E-state index in [2.05, 4.69) is 10.1 Å². The molecule has 0 N–H and O–H groups in total. The second-order valence-electron chi connectivity index (χ2n) is 3.12. The van der Waals surface area contributed by atoms with E-state index in [0.717, 1.165) is 5.56 Å². The van der Waals surface area contributed by atoms with Crippen molar-refractivity contribution in [3.63, 3.8) is 0 Å². The van der Waals surface area contributed by atoms with Crippen LogP contribution in [0.5, 0.6) is 0 Å². The van der Waals surface area contributed by atoms with Gasteiger partial charge in [-0.2, -0.15) is 4.98 Å². The van der Waals surface area contributed by atoms with Gasteiger partial charge in [0.25, 0.3) is 0 Å². The fraction of sp³-hybridized carbons (Fsp3) is 0.200. The minimum atomic E-state index is -0.328. The van der Waals surface area contributed by atoms with Crippen molar-refractivity contribution in [2.24, 2.45) is 0 Å². The first-order chi connectivity index (χ1) is 6.66. The third kappa shape index (κ3) is 1.51. The maximum Gasteiger partial charge on any atom is 0.223 e. The van der Waals surface area contributed by atoms with E-state index in [1.807, 2.05) is 13.0 Å². The van der Waals surface area contributed by atoms with E-state index in [1.165, 1.54) is 6.07 Å². The van der Waals surface area contributed by atoms with Crippen molar-refractivity contribution in [1.29, 1.82) is 0 Å². The topological polar surface area (TPSA) is 38.9 Å². The molecule has 0 fully saturated rings. The van der Waals surface area contributed by atoms with Crippen LogP contribution >= 0.6 is 0 Å². The fourth-order valence-corrected chi connectivity index (χ4v) is 1.21. The highest BCUT2D eigenvalue weighted by Crippen LogP contribution is 2.20. The number of hydrogen-bond donors (Lipinski definition) is 0. The molecule has 0 aliphatic heterocycles.